The number of oxazole rings is 1. The molecular formula is C27H24ClN3O4. The molecule has 1 fully saturated rings. The average molecular weight is 490 g/mol. The summed E-state index contributed by atoms with van der Waals surface area (Å²) in [5, 5.41) is 3.50. The lowest BCUT2D eigenvalue weighted by Crippen LogP contribution is -2.38. The van der Waals surface area contributed by atoms with Crippen molar-refractivity contribution in [2.24, 2.45) is 0 Å². The van der Waals surface area contributed by atoms with Gasteiger partial charge in [0.15, 0.2) is 11.5 Å². The number of carbonyl (C=O) groups is 2. The number of nitrogens with zero attached hydrogens (tertiary/aromatic N) is 2. The lowest BCUT2D eigenvalue weighted by molar-refractivity contribution is 0.0708. The minimum absolute atomic E-state index is 0.113. The number of amides is 2. The highest BCUT2D eigenvalue weighted by Gasteiger charge is 2.28. The van der Waals surface area contributed by atoms with Gasteiger partial charge in [-0.05, 0) is 67.4 Å². The van der Waals surface area contributed by atoms with E-state index in [9.17, 15) is 9.59 Å². The number of piperidine rings is 1. The Labute approximate surface area is 207 Å². The summed E-state index contributed by atoms with van der Waals surface area (Å²) in [6, 6.07) is 19.3. The number of hydrogen-bond acceptors (Lipinski definition) is 5. The summed E-state index contributed by atoms with van der Waals surface area (Å²) >= 11 is 6.06. The van der Waals surface area contributed by atoms with Crippen LogP contribution in [0.25, 0.3) is 11.1 Å². The SMILES string of the molecule is COc1ccc(C(=O)Nc2ccccc2C(=O)N2CCC(c3nc4cc(Cl)ccc4o3)CC2)cc1. The van der Waals surface area contributed by atoms with Crippen LogP contribution in [0.4, 0.5) is 5.69 Å². The third-order valence-electron chi connectivity index (χ3n) is 6.26. The molecule has 5 rings (SSSR count). The molecule has 0 atom stereocenters. The quantitative estimate of drug-likeness (QED) is 0.385. The van der Waals surface area contributed by atoms with E-state index in [0.717, 1.165) is 18.4 Å². The van der Waals surface area contributed by atoms with Crippen molar-refractivity contribution in [2.45, 2.75) is 18.8 Å². The van der Waals surface area contributed by atoms with Crippen molar-refractivity contribution in [3.8, 4) is 5.75 Å². The third-order valence-corrected chi connectivity index (χ3v) is 6.49. The van der Waals surface area contributed by atoms with Gasteiger partial charge in [0, 0.05) is 29.6 Å². The summed E-state index contributed by atoms with van der Waals surface area (Å²) in [6.07, 6.45) is 1.49. The first-order valence-corrected chi connectivity index (χ1v) is 11.8. The molecule has 0 bridgehead atoms. The maximum Gasteiger partial charge on any atom is 0.255 e. The lowest BCUT2D eigenvalue weighted by Gasteiger charge is -2.31. The normalized spacial score (nSPS) is 14.2. The maximum atomic E-state index is 13.3. The zero-order valence-corrected chi connectivity index (χ0v) is 19.9. The van der Waals surface area contributed by atoms with Crippen LogP contribution in [0.1, 0.15) is 45.4 Å². The molecular weight excluding hydrogens is 466 g/mol. The number of para-hydroxylation sites is 1. The third kappa shape index (κ3) is 4.86. The molecule has 1 aliphatic rings. The summed E-state index contributed by atoms with van der Waals surface area (Å²) in [5.74, 6) is 1.08. The van der Waals surface area contributed by atoms with Gasteiger partial charge in [0.05, 0.1) is 18.4 Å². The molecule has 1 saturated heterocycles. The van der Waals surface area contributed by atoms with E-state index in [0.29, 0.717) is 52.1 Å². The van der Waals surface area contributed by atoms with Gasteiger partial charge < -0.3 is 19.4 Å². The highest BCUT2D eigenvalue weighted by molar-refractivity contribution is 6.31. The van der Waals surface area contributed by atoms with Crippen LogP contribution in [0.2, 0.25) is 5.02 Å². The van der Waals surface area contributed by atoms with Gasteiger partial charge >= 0.3 is 0 Å². The number of benzene rings is 3. The van der Waals surface area contributed by atoms with Crippen LogP contribution in [0.5, 0.6) is 5.75 Å². The van der Waals surface area contributed by atoms with E-state index >= 15 is 0 Å². The Kier molecular flexibility index (Phi) is 6.42. The number of methoxy groups -OCH3 is 1. The van der Waals surface area contributed by atoms with E-state index in [1.165, 1.54) is 0 Å². The molecule has 3 aromatic carbocycles. The van der Waals surface area contributed by atoms with E-state index in [1.54, 1.807) is 67.8 Å². The fourth-order valence-corrected chi connectivity index (χ4v) is 4.47. The highest BCUT2D eigenvalue weighted by Crippen LogP contribution is 2.32. The standard InChI is InChI=1S/C27H24ClN3O4/c1-34-20-9-6-17(7-10-20)25(32)29-22-5-3-2-4-21(22)27(33)31-14-12-18(13-15-31)26-30-23-16-19(28)8-11-24(23)35-26/h2-11,16,18H,12-15H2,1H3,(H,29,32). The Hall–Kier alpha value is -3.84. The Morgan fingerprint density at radius 3 is 2.54 bits per heavy atom. The number of halogens is 1. The van der Waals surface area contributed by atoms with Gasteiger partial charge in [-0.1, -0.05) is 23.7 Å². The molecule has 2 amide bonds. The van der Waals surface area contributed by atoms with Crippen LogP contribution in [-0.2, 0) is 0 Å². The molecule has 178 valence electrons. The molecule has 0 saturated carbocycles. The van der Waals surface area contributed by atoms with Gasteiger partial charge in [0.1, 0.15) is 11.3 Å². The summed E-state index contributed by atoms with van der Waals surface area (Å²) in [7, 11) is 1.57. The van der Waals surface area contributed by atoms with Gasteiger partial charge in [-0.15, -0.1) is 0 Å². The number of nitrogens with one attached hydrogen (secondary N) is 1. The first kappa shape index (κ1) is 22.9. The molecule has 0 unspecified atom stereocenters. The Bertz CT molecular complexity index is 1370. The topological polar surface area (TPSA) is 84.7 Å². The minimum atomic E-state index is -0.289. The molecule has 35 heavy (non-hydrogen) atoms. The van der Waals surface area contributed by atoms with E-state index in [4.69, 9.17) is 20.8 Å². The number of aromatic nitrogens is 1. The van der Waals surface area contributed by atoms with Gasteiger partial charge in [0.25, 0.3) is 11.8 Å². The number of carbonyl (C=O) groups excluding carboxylic acids is 2. The van der Waals surface area contributed by atoms with Gasteiger partial charge in [-0.2, -0.15) is 0 Å². The molecule has 8 heteroatoms. The van der Waals surface area contributed by atoms with Crippen molar-refractivity contribution in [1.82, 2.24) is 9.88 Å². The molecule has 2 heterocycles. The van der Waals surface area contributed by atoms with Crippen LogP contribution in [-0.4, -0.2) is 41.9 Å². The Morgan fingerprint density at radius 2 is 1.80 bits per heavy atom. The van der Waals surface area contributed by atoms with Crippen molar-refractivity contribution in [2.75, 3.05) is 25.5 Å². The van der Waals surface area contributed by atoms with Crippen molar-refractivity contribution >= 4 is 40.2 Å². The monoisotopic (exact) mass is 489 g/mol. The zero-order valence-electron chi connectivity index (χ0n) is 19.2. The van der Waals surface area contributed by atoms with Gasteiger partial charge in [-0.25, -0.2) is 4.98 Å². The lowest BCUT2D eigenvalue weighted by atomic mass is 9.96. The number of rotatable bonds is 5. The van der Waals surface area contributed by atoms with E-state index in [-0.39, 0.29) is 17.7 Å². The molecule has 0 spiro atoms. The van der Waals surface area contributed by atoms with E-state index in [1.807, 2.05) is 11.0 Å². The molecule has 1 N–H and O–H groups in total. The molecule has 7 nitrogen and oxygen atoms in total. The van der Waals surface area contributed by atoms with E-state index in [2.05, 4.69) is 10.3 Å². The highest BCUT2D eigenvalue weighted by atomic mass is 35.5. The molecule has 0 aliphatic carbocycles. The zero-order chi connectivity index (χ0) is 24.4. The second kappa shape index (κ2) is 9.80. The Morgan fingerprint density at radius 1 is 1.06 bits per heavy atom. The largest absolute Gasteiger partial charge is 0.497 e. The first-order chi connectivity index (χ1) is 17.0. The Balaban J connectivity index is 1.26. The van der Waals surface area contributed by atoms with Crippen LogP contribution in [0.15, 0.2) is 71.1 Å². The second-order valence-electron chi connectivity index (χ2n) is 8.46. The number of anilines is 1. The predicted octanol–water partition coefficient (Wildman–Crippen LogP) is 5.76. The summed E-state index contributed by atoms with van der Waals surface area (Å²) in [5.41, 5.74) is 2.88. The average Bonchev–Trinajstić information content (AvgIpc) is 3.32. The molecule has 1 aliphatic heterocycles. The number of ether oxygens (including phenoxy) is 1. The maximum absolute atomic E-state index is 13.3. The van der Waals surface area contributed by atoms with Crippen LogP contribution in [0, 0.1) is 0 Å². The van der Waals surface area contributed by atoms with Crippen molar-refractivity contribution in [3.63, 3.8) is 0 Å². The van der Waals surface area contributed by atoms with E-state index < -0.39 is 0 Å². The number of fused-ring (bicyclic) bond motifs is 1. The van der Waals surface area contributed by atoms with Gasteiger partial charge in [0.2, 0.25) is 0 Å². The van der Waals surface area contributed by atoms with Crippen molar-refractivity contribution in [3.05, 3.63) is 88.8 Å². The molecule has 0 radical (unpaired) electrons. The number of likely N-dealkylation sites (tertiary alicyclic amines) is 1. The van der Waals surface area contributed by atoms with Crippen LogP contribution < -0.4 is 10.1 Å². The molecule has 1 aromatic heterocycles. The molecule has 4 aromatic rings. The van der Waals surface area contributed by atoms with Crippen LogP contribution in [0.3, 0.4) is 0 Å². The smallest absolute Gasteiger partial charge is 0.255 e. The summed E-state index contributed by atoms with van der Waals surface area (Å²) in [6.45, 7) is 1.15. The first-order valence-electron chi connectivity index (χ1n) is 11.4. The fourth-order valence-electron chi connectivity index (χ4n) is 4.31. The van der Waals surface area contributed by atoms with Crippen molar-refractivity contribution < 1.29 is 18.7 Å². The number of hydrogen-bond donors (Lipinski definition) is 1. The fraction of sp³-hybridized carbons (Fsp3) is 0.222. The minimum Gasteiger partial charge on any atom is -0.497 e. The van der Waals surface area contributed by atoms with Crippen molar-refractivity contribution in [1.29, 1.82) is 0 Å². The van der Waals surface area contributed by atoms with Gasteiger partial charge in [-0.3, -0.25) is 9.59 Å². The van der Waals surface area contributed by atoms with Crippen LogP contribution >= 0.6 is 11.6 Å². The summed E-state index contributed by atoms with van der Waals surface area (Å²) < 4.78 is 11.1. The predicted molar refractivity (Wildman–Crippen MR) is 134 cm³/mol. The summed E-state index contributed by atoms with van der Waals surface area (Å²) in [4.78, 5) is 32.5. The second-order valence-corrected chi connectivity index (χ2v) is 8.90.